The van der Waals surface area contributed by atoms with Crippen molar-refractivity contribution in [2.45, 2.75) is 30.3 Å². The average Bonchev–Trinajstić information content (AvgIpc) is 2.47. The molecule has 1 aliphatic heterocycles. The van der Waals surface area contributed by atoms with Crippen molar-refractivity contribution in [1.29, 1.82) is 0 Å². The summed E-state index contributed by atoms with van der Waals surface area (Å²) in [5, 5.41) is 0. The van der Waals surface area contributed by atoms with E-state index in [1.54, 1.807) is 18.9 Å². The van der Waals surface area contributed by atoms with Crippen LogP contribution < -0.4 is 0 Å². The Morgan fingerprint density at radius 1 is 1.40 bits per heavy atom. The lowest BCUT2D eigenvalue weighted by molar-refractivity contribution is -0.0485. The second kappa shape index (κ2) is 6.74. The summed E-state index contributed by atoms with van der Waals surface area (Å²) in [5.41, 5.74) is 0.689. The van der Waals surface area contributed by atoms with Gasteiger partial charge in [0.2, 0.25) is 0 Å². The van der Waals surface area contributed by atoms with Crippen LogP contribution in [0.3, 0.4) is 0 Å². The maximum atomic E-state index is 12.3. The van der Waals surface area contributed by atoms with Crippen LogP contribution in [0, 0.1) is 0 Å². The van der Waals surface area contributed by atoms with Gasteiger partial charge >= 0.3 is 0 Å². The van der Waals surface area contributed by atoms with E-state index in [9.17, 15) is 4.79 Å². The summed E-state index contributed by atoms with van der Waals surface area (Å²) in [6.45, 7) is 4.42. The molecular formula is C16H23NO2S. The third kappa shape index (κ3) is 3.84. The highest BCUT2D eigenvalue weighted by molar-refractivity contribution is 7.98. The van der Waals surface area contributed by atoms with E-state index in [0.717, 1.165) is 31.5 Å². The second-order valence-corrected chi connectivity index (χ2v) is 6.50. The van der Waals surface area contributed by atoms with Gasteiger partial charge in [0.25, 0.3) is 0 Å². The summed E-state index contributed by atoms with van der Waals surface area (Å²) in [4.78, 5) is 15.7. The Hall–Kier alpha value is -0.840. The van der Waals surface area contributed by atoms with Crippen LogP contribution in [-0.2, 0) is 4.74 Å². The van der Waals surface area contributed by atoms with Crippen LogP contribution in [0.25, 0.3) is 0 Å². The number of thioether (sulfide) groups is 1. The topological polar surface area (TPSA) is 29.5 Å². The first-order valence-electron chi connectivity index (χ1n) is 7.01. The minimum absolute atomic E-state index is 0.110. The van der Waals surface area contributed by atoms with Gasteiger partial charge in [0.05, 0.1) is 12.1 Å². The molecule has 0 radical (unpaired) electrons. The number of carbonyl (C=O) groups excluding carboxylic acids is 1. The monoisotopic (exact) mass is 293 g/mol. The van der Waals surface area contributed by atoms with E-state index in [-0.39, 0.29) is 11.4 Å². The number of carbonyl (C=O) groups is 1. The Balaban J connectivity index is 1.96. The van der Waals surface area contributed by atoms with Crippen molar-refractivity contribution in [3.8, 4) is 0 Å². The van der Waals surface area contributed by atoms with E-state index in [1.165, 1.54) is 4.90 Å². The standard InChI is InChI=1S/C16H23NO2S/c1-16(19-2)9-4-10-17(12-16)11-15(18)13-5-7-14(20-3)8-6-13/h5-8H,4,9-12H2,1-3H3. The maximum Gasteiger partial charge on any atom is 0.176 e. The number of Topliss-reactive ketones (excluding diaryl/α,β-unsaturated/α-hetero) is 1. The van der Waals surface area contributed by atoms with Crippen LogP contribution in [0.2, 0.25) is 0 Å². The fourth-order valence-electron chi connectivity index (χ4n) is 2.68. The summed E-state index contributed by atoms with van der Waals surface area (Å²) in [5.74, 6) is 0.193. The van der Waals surface area contributed by atoms with Gasteiger partial charge in [-0.15, -0.1) is 11.8 Å². The molecule has 1 aromatic rings. The van der Waals surface area contributed by atoms with Gasteiger partial charge in [0.15, 0.2) is 5.78 Å². The lowest BCUT2D eigenvalue weighted by Gasteiger charge is -2.39. The second-order valence-electron chi connectivity index (χ2n) is 5.62. The van der Waals surface area contributed by atoms with E-state index < -0.39 is 0 Å². The van der Waals surface area contributed by atoms with Crippen molar-refractivity contribution in [2.75, 3.05) is 33.0 Å². The maximum absolute atomic E-state index is 12.3. The Morgan fingerprint density at radius 3 is 2.70 bits per heavy atom. The molecule has 2 rings (SSSR count). The van der Waals surface area contributed by atoms with Crippen molar-refractivity contribution >= 4 is 17.5 Å². The van der Waals surface area contributed by atoms with Crippen LogP contribution in [-0.4, -0.2) is 49.3 Å². The van der Waals surface area contributed by atoms with Gasteiger partial charge in [-0.05, 0) is 44.7 Å². The van der Waals surface area contributed by atoms with Crippen LogP contribution in [0.5, 0.6) is 0 Å². The SMILES string of the molecule is COC1(C)CCCN(CC(=O)c2ccc(SC)cc2)C1. The zero-order valence-electron chi connectivity index (χ0n) is 12.5. The number of ether oxygens (including phenoxy) is 1. The van der Waals surface area contributed by atoms with Crippen molar-refractivity contribution in [1.82, 2.24) is 4.90 Å². The molecule has 0 aliphatic carbocycles. The predicted octanol–water partition coefficient (Wildman–Crippen LogP) is 3.09. The fourth-order valence-corrected chi connectivity index (χ4v) is 3.09. The lowest BCUT2D eigenvalue weighted by Crippen LogP contribution is -2.48. The largest absolute Gasteiger partial charge is 0.377 e. The Morgan fingerprint density at radius 2 is 2.10 bits per heavy atom. The molecule has 1 aliphatic rings. The number of rotatable bonds is 5. The molecule has 110 valence electrons. The van der Waals surface area contributed by atoms with E-state index in [0.29, 0.717) is 6.54 Å². The number of hydrogen-bond acceptors (Lipinski definition) is 4. The smallest absolute Gasteiger partial charge is 0.176 e. The van der Waals surface area contributed by atoms with Gasteiger partial charge < -0.3 is 4.74 Å². The summed E-state index contributed by atoms with van der Waals surface area (Å²) < 4.78 is 5.57. The van der Waals surface area contributed by atoms with E-state index >= 15 is 0 Å². The van der Waals surface area contributed by atoms with Gasteiger partial charge in [-0.2, -0.15) is 0 Å². The first kappa shape index (κ1) is 15.5. The number of ketones is 1. The number of piperidine rings is 1. The molecule has 1 saturated heterocycles. The third-order valence-corrected chi connectivity index (χ3v) is 4.75. The van der Waals surface area contributed by atoms with Crippen molar-refractivity contribution in [3.63, 3.8) is 0 Å². The van der Waals surface area contributed by atoms with Gasteiger partial charge in [-0.3, -0.25) is 9.69 Å². The third-order valence-electron chi connectivity index (χ3n) is 4.01. The molecule has 0 spiro atoms. The lowest BCUT2D eigenvalue weighted by atomic mass is 9.94. The highest BCUT2D eigenvalue weighted by Crippen LogP contribution is 2.24. The minimum Gasteiger partial charge on any atom is -0.377 e. The van der Waals surface area contributed by atoms with Crippen LogP contribution in [0.4, 0.5) is 0 Å². The van der Waals surface area contributed by atoms with E-state index in [4.69, 9.17) is 4.74 Å². The molecule has 20 heavy (non-hydrogen) atoms. The van der Waals surface area contributed by atoms with Gasteiger partial charge in [-0.25, -0.2) is 0 Å². The molecule has 1 heterocycles. The van der Waals surface area contributed by atoms with Crippen LogP contribution >= 0.6 is 11.8 Å². The van der Waals surface area contributed by atoms with Crippen LogP contribution in [0.15, 0.2) is 29.2 Å². The molecule has 0 amide bonds. The van der Waals surface area contributed by atoms with E-state index in [2.05, 4.69) is 11.8 Å². The first-order chi connectivity index (χ1) is 9.56. The minimum atomic E-state index is -0.110. The van der Waals surface area contributed by atoms with Crippen molar-refractivity contribution in [2.24, 2.45) is 0 Å². The molecular weight excluding hydrogens is 270 g/mol. The molecule has 0 N–H and O–H groups in total. The average molecular weight is 293 g/mol. The fraction of sp³-hybridized carbons (Fsp3) is 0.562. The predicted molar refractivity (Wildman–Crippen MR) is 83.6 cm³/mol. The highest BCUT2D eigenvalue weighted by Gasteiger charge is 2.31. The molecule has 1 atom stereocenters. The highest BCUT2D eigenvalue weighted by atomic mass is 32.2. The Bertz CT molecular complexity index is 460. The number of likely N-dealkylation sites (tertiary alicyclic amines) is 1. The molecule has 1 fully saturated rings. The molecule has 0 saturated carbocycles. The van der Waals surface area contributed by atoms with Gasteiger partial charge in [0.1, 0.15) is 0 Å². The number of nitrogens with zero attached hydrogens (tertiary/aromatic N) is 1. The molecule has 0 aromatic heterocycles. The first-order valence-corrected chi connectivity index (χ1v) is 8.23. The summed E-state index contributed by atoms with van der Waals surface area (Å²) in [6.07, 6.45) is 4.19. The van der Waals surface area contributed by atoms with Gasteiger partial charge in [0, 0.05) is 24.1 Å². The molecule has 1 aromatic carbocycles. The van der Waals surface area contributed by atoms with Gasteiger partial charge in [-0.1, -0.05) is 12.1 Å². The summed E-state index contributed by atoms with van der Waals surface area (Å²) in [7, 11) is 1.76. The summed E-state index contributed by atoms with van der Waals surface area (Å²) in [6, 6.07) is 7.86. The summed E-state index contributed by atoms with van der Waals surface area (Å²) >= 11 is 1.69. The number of hydrogen-bond donors (Lipinski definition) is 0. The van der Waals surface area contributed by atoms with E-state index in [1.807, 2.05) is 30.5 Å². The quantitative estimate of drug-likeness (QED) is 0.616. The zero-order valence-corrected chi connectivity index (χ0v) is 13.3. The van der Waals surface area contributed by atoms with Crippen LogP contribution in [0.1, 0.15) is 30.1 Å². The molecule has 3 nitrogen and oxygen atoms in total. The molecule has 4 heteroatoms. The number of methoxy groups -OCH3 is 1. The van der Waals surface area contributed by atoms with Crippen molar-refractivity contribution in [3.05, 3.63) is 29.8 Å². The van der Waals surface area contributed by atoms with Crippen molar-refractivity contribution < 1.29 is 9.53 Å². The Kier molecular flexibility index (Phi) is 5.24. The number of benzene rings is 1. The normalized spacial score (nSPS) is 23.8. The zero-order chi connectivity index (χ0) is 14.6. The Labute approximate surface area is 125 Å². The molecule has 0 bridgehead atoms. The molecule has 1 unspecified atom stereocenters.